The van der Waals surface area contributed by atoms with Gasteiger partial charge in [-0.3, -0.25) is 4.55 Å². The molecular weight excluding hydrogens is 136 g/mol. The summed E-state index contributed by atoms with van der Waals surface area (Å²) in [5, 5.41) is 0.954. The Morgan fingerprint density at radius 1 is 1.71 bits per heavy atom. The van der Waals surface area contributed by atoms with E-state index < -0.39 is 15.9 Å². The molecule has 5 heteroatoms. The largest absolute Gasteiger partial charge is 0.285 e. The third-order valence-electron chi connectivity index (χ3n) is 0.279. The lowest BCUT2D eigenvalue weighted by Gasteiger charge is -1.81. The number of hydrogen-bond acceptors (Lipinski definition) is 3. The zero-order valence-electron chi connectivity index (χ0n) is 3.36. The van der Waals surface area contributed by atoms with E-state index in [1.807, 2.05) is 0 Å². The highest BCUT2D eigenvalue weighted by atomic mass is 32.2. The third kappa shape index (κ3) is 6.00. The molecule has 0 bridgehead atoms. The van der Waals surface area contributed by atoms with Gasteiger partial charge < -0.3 is 0 Å². The van der Waals surface area contributed by atoms with E-state index in [4.69, 9.17) is 4.55 Å². The van der Waals surface area contributed by atoms with E-state index in [0.717, 1.165) is 5.37 Å². The Balaban J connectivity index is 3.84. The molecule has 3 nitrogen and oxygen atoms in total. The molecule has 0 aromatic carbocycles. The van der Waals surface area contributed by atoms with Crippen LogP contribution in [0, 0.1) is 0 Å². The molecule has 0 rings (SSSR count). The van der Waals surface area contributed by atoms with Crippen LogP contribution in [-0.2, 0) is 10.1 Å². The summed E-state index contributed by atoms with van der Waals surface area (Å²) >= 11 is 4.14. The molecule has 0 atom stereocenters. The molecule has 42 valence electrons. The normalized spacial score (nSPS) is 11.0. The fourth-order valence-electron chi connectivity index (χ4n) is 0.0860. The van der Waals surface area contributed by atoms with Gasteiger partial charge in [0.15, 0.2) is 0 Å². The smallest absolute Gasteiger partial charge is 0.269 e. The standard InChI is InChI=1S/C2H4O3S2/c3-7(4,5)2-1-6/h1H,2H2,(H,3,4,5). The van der Waals surface area contributed by atoms with Crippen LogP contribution < -0.4 is 0 Å². The predicted molar refractivity (Wildman–Crippen MR) is 30.1 cm³/mol. The van der Waals surface area contributed by atoms with Crippen LogP contribution in [0.25, 0.3) is 0 Å². The van der Waals surface area contributed by atoms with Crippen LogP contribution in [0.15, 0.2) is 0 Å². The van der Waals surface area contributed by atoms with Crippen molar-refractivity contribution in [2.75, 3.05) is 5.75 Å². The van der Waals surface area contributed by atoms with Crippen molar-refractivity contribution in [1.82, 2.24) is 0 Å². The molecule has 0 heterocycles. The van der Waals surface area contributed by atoms with Gasteiger partial charge in [-0.2, -0.15) is 8.42 Å². The van der Waals surface area contributed by atoms with Crippen molar-refractivity contribution in [2.24, 2.45) is 0 Å². The molecule has 0 aromatic rings. The minimum absolute atomic E-state index is 0.442. The lowest BCUT2D eigenvalue weighted by atomic mass is 11.0. The first-order valence-corrected chi connectivity index (χ1v) is 3.53. The Morgan fingerprint density at radius 2 is 2.14 bits per heavy atom. The summed E-state index contributed by atoms with van der Waals surface area (Å²) in [4.78, 5) is 0. The maximum absolute atomic E-state index is 9.69. The van der Waals surface area contributed by atoms with Crippen molar-refractivity contribution >= 4 is 27.7 Å². The van der Waals surface area contributed by atoms with Crippen molar-refractivity contribution in [1.29, 1.82) is 0 Å². The van der Waals surface area contributed by atoms with Gasteiger partial charge in [0.25, 0.3) is 10.1 Å². The summed E-state index contributed by atoms with van der Waals surface area (Å²) in [5.41, 5.74) is 0. The molecule has 0 saturated carbocycles. The van der Waals surface area contributed by atoms with Crippen molar-refractivity contribution < 1.29 is 13.0 Å². The summed E-state index contributed by atoms with van der Waals surface area (Å²) in [6, 6.07) is 0. The van der Waals surface area contributed by atoms with Gasteiger partial charge >= 0.3 is 0 Å². The van der Waals surface area contributed by atoms with Crippen molar-refractivity contribution in [3.8, 4) is 0 Å². The van der Waals surface area contributed by atoms with Crippen LogP contribution in [0.1, 0.15) is 0 Å². The maximum Gasteiger partial charge on any atom is 0.269 e. The summed E-state index contributed by atoms with van der Waals surface area (Å²) < 4.78 is 27.3. The molecular formula is C2H4O3S2. The van der Waals surface area contributed by atoms with Crippen molar-refractivity contribution in [2.45, 2.75) is 0 Å². The van der Waals surface area contributed by atoms with E-state index in [-0.39, 0.29) is 0 Å². The average Bonchev–Trinajstić information content (AvgIpc) is 1.30. The Bertz CT molecular complexity index is 144. The molecule has 0 aromatic heterocycles. The molecule has 0 saturated heterocycles. The minimum atomic E-state index is -3.83. The van der Waals surface area contributed by atoms with E-state index in [9.17, 15) is 8.42 Å². The van der Waals surface area contributed by atoms with Crippen LogP contribution in [0.2, 0.25) is 0 Å². The molecule has 0 aliphatic carbocycles. The van der Waals surface area contributed by atoms with E-state index >= 15 is 0 Å². The quantitative estimate of drug-likeness (QED) is 0.429. The van der Waals surface area contributed by atoms with Crippen LogP contribution in [0.3, 0.4) is 0 Å². The van der Waals surface area contributed by atoms with Gasteiger partial charge in [-0.25, -0.2) is 0 Å². The molecule has 0 spiro atoms. The van der Waals surface area contributed by atoms with E-state index in [1.54, 1.807) is 0 Å². The SMILES string of the molecule is O=S(=O)(O)CC=S. The van der Waals surface area contributed by atoms with Crippen LogP contribution in [-0.4, -0.2) is 24.1 Å². The first kappa shape index (κ1) is 7.00. The van der Waals surface area contributed by atoms with Gasteiger partial charge in [0, 0.05) is 0 Å². The molecule has 0 radical (unpaired) electrons. The summed E-state index contributed by atoms with van der Waals surface area (Å²) in [6.07, 6.45) is 0. The zero-order chi connectivity index (χ0) is 5.91. The second kappa shape index (κ2) is 2.34. The number of hydrogen-bond donors (Lipinski definition) is 1. The van der Waals surface area contributed by atoms with E-state index in [2.05, 4.69) is 12.2 Å². The van der Waals surface area contributed by atoms with Gasteiger partial charge in [-0.15, -0.1) is 0 Å². The Kier molecular flexibility index (Phi) is 2.34. The summed E-state index contributed by atoms with van der Waals surface area (Å²) in [6.45, 7) is 0. The molecule has 1 N–H and O–H groups in total. The summed E-state index contributed by atoms with van der Waals surface area (Å²) in [7, 11) is -3.83. The molecule has 0 fully saturated rings. The molecule has 0 aliphatic rings. The fourth-order valence-corrected chi connectivity index (χ4v) is 0.774. The van der Waals surface area contributed by atoms with Gasteiger partial charge in [0.2, 0.25) is 0 Å². The topological polar surface area (TPSA) is 54.4 Å². The lowest BCUT2D eigenvalue weighted by molar-refractivity contribution is 0.488. The van der Waals surface area contributed by atoms with Crippen molar-refractivity contribution in [3.05, 3.63) is 0 Å². The van der Waals surface area contributed by atoms with Crippen LogP contribution >= 0.6 is 12.2 Å². The maximum atomic E-state index is 9.69. The highest BCUT2D eigenvalue weighted by Crippen LogP contribution is 1.74. The second-order valence-corrected chi connectivity index (χ2v) is 2.75. The number of thiocarbonyl (C=S) groups is 1. The monoisotopic (exact) mass is 140 g/mol. The Hall–Kier alpha value is -0.0000000000000000555. The van der Waals surface area contributed by atoms with Gasteiger partial charge in [0.1, 0.15) is 5.75 Å². The highest BCUT2D eigenvalue weighted by Gasteiger charge is 1.96. The Morgan fingerprint density at radius 3 is 2.14 bits per heavy atom. The zero-order valence-corrected chi connectivity index (χ0v) is 5.00. The summed E-state index contributed by atoms with van der Waals surface area (Å²) in [5.74, 6) is -0.442. The molecule has 0 amide bonds. The van der Waals surface area contributed by atoms with Crippen molar-refractivity contribution in [3.63, 3.8) is 0 Å². The van der Waals surface area contributed by atoms with E-state index in [0.29, 0.717) is 0 Å². The lowest BCUT2D eigenvalue weighted by Crippen LogP contribution is -2.02. The Labute approximate surface area is 47.1 Å². The van der Waals surface area contributed by atoms with E-state index in [1.165, 1.54) is 0 Å². The van der Waals surface area contributed by atoms with Crippen LogP contribution in [0.5, 0.6) is 0 Å². The first-order valence-electron chi connectivity index (χ1n) is 1.45. The van der Waals surface area contributed by atoms with Crippen LogP contribution in [0.4, 0.5) is 0 Å². The minimum Gasteiger partial charge on any atom is -0.285 e. The average molecular weight is 140 g/mol. The van der Waals surface area contributed by atoms with Gasteiger partial charge in [-0.1, -0.05) is 12.2 Å². The molecule has 7 heavy (non-hydrogen) atoms. The molecule has 0 aliphatic heterocycles. The fraction of sp³-hybridized carbons (Fsp3) is 0.500. The van der Waals surface area contributed by atoms with Gasteiger partial charge in [-0.05, 0) is 5.37 Å². The van der Waals surface area contributed by atoms with Gasteiger partial charge in [0.05, 0.1) is 0 Å². The predicted octanol–water partition coefficient (Wildman–Crippen LogP) is -0.126. The third-order valence-corrected chi connectivity index (χ3v) is 1.24. The number of rotatable bonds is 2. The second-order valence-electron chi connectivity index (χ2n) is 0.915. The first-order chi connectivity index (χ1) is 3.06. The highest BCUT2D eigenvalue weighted by molar-refractivity contribution is 7.88. The molecule has 0 unspecified atom stereocenters.